The second kappa shape index (κ2) is 8.03. The van der Waals surface area contributed by atoms with Crippen LogP contribution >= 0.6 is 0 Å². The normalized spacial score (nSPS) is 12.5. The Hall–Kier alpha value is -2.83. The van der Waals surface area contributed by atoms with E-state index < -0.39 is 35.9 Å². The van der Waals surface area contributed by atoms with E-state index >= 15 is 0 Å². The Labute approximate surface area is 152 Å². The molecular weight excluding hydrogens is 336 g/mol. The van der Waals surface area contributed by atoms with Crippen LogP contribution in [0.1, 0.15) is 32.8 Å². The summed E-state index contributed by atoms with van der Waals surface area (Å²) in [7, 11) is 1.21. The summed E-state index contributed by atoms with van der Waals surface area (Å²) in [6.45, 7) is 5.20. The highest BCUT2D eigenvalue weighted by Crippen LogP contribution is 2.20. The van der Waals surface area contributed by atoms with Gasteiger partial charge in [0.15, 0.2) is 5.78 Å². The first-order chi connectivity index (χ1) is 12.2. The van der Waals surface area contributed by atoms with Crippen molar-refractivity contribution in [2.24, 2.45) is 0 Å². The molecule has 0 aliphatic rings. The van der Waals surface area contributed by atoms with E-state index in [1.807, 2.05) is 24.3 Å². The van der Waals surface area contributed by atoms with Gasteiger partial charge in [-0.3, -0.25) is 9.59 Å². The summed E-state index contributed by atoms with van der Waals surface area (Å²) in [5.74, 6) is -1.09. The Morgan fingerprint density at radius 2 is 1.88 bits per heavy atom. The lowest BCUT2D eigenvalue weighted by Crippen LogP contribution is -2.45. The average Bonchev–Trinajstić information content (AvgIpc) is 2.95. The Morgan fingerprint density at radius 3 is 2.54 bits per heavy atom. The molecule has 0 radical (unpaired) electrons. The van der Waals surface area contributed by atoms with E-state index in [0.29, 0.717) is 0 Å². The minimum absolute atomic E-state index is 0.235. The number of hydrogen-bond donors (Lipinski definition) is 2. The van der Waals surface area contributed by atoms with Gasteiger partial charge in [0.1, 0.15) is 12.0 Å². The van der Waals surface area contributed by atoms with Gasteiger partial charge in [-0.15, -0.1) is 0 Å². The predicted molar refractivity (Wildman–Crippen MR) is 96.8 cm³/mol. The number of carbonyl (C=O) groups excluding carboxylic acids is 3. The maximum Gasteiger partial charge on any atom is 0.408 e. The molecule has 0 bridgehead atoms. The number of alkyl carbamates (subject to hydrolysis) is 1. The van der Waals surface area contributed by atoms with Crippen molar-refractivity contribution in [3.05, 3.63) is 36.0 Å². The SMILES string of the molecule is COC(=O)CC(=O)[C@H](Cc1c[nH]c2ccccc12)NC(=O)OC(C)(C)C. The van der Waals surface area contributed by atoms with Gasteiger partial charge in [0.2, 0.25) is 0 Å². The predicted octanol–water partition coefficient (Wildman–Crippen LogP) is 2.74. The first kappa shape index (κ1) is 19.5. The van der Waals surface area contributed by atoms with E-state index in [4.69, 9.17) is 4.74 Å². The molecule has 2 rings (SSSR count). The average molecular weight is 360 g/mol. The number of para-hydroxylation sites is 1. The molecule has 1 aromatic carbocycles. The number of amides is 1. The minimum Gasteiger partial charge on any atom is -0.469 e. The van der Waals surface area contributed by atoms with Crippen molar-refractivity contribution in [1.82, 2.24) is 10.3 Å². The van der Waals surface area contributed by atoms with Crippen molar-refractivity contribution in [1.29, 1.82) is 0 Å². The third kappa shape index (κ3) is 5.34. The fourth-order valence-corrected chi connectivity index (χ4v) is 2.55. The van der Waals surface area contributed by atoms with Crippen molar-refractivity contribution in [3.63, 3.8) is 0 Å². The number of aromatic nitrogens is 1. The lowest BCUT2D eigenvalue weighted by atomic mass is 10.00. The van der Waals surface area contributed by atoms with Crippen LogP contribution in [-0.4, -0.2) is 41.6 Å². The zero-order valence-corrected chi connectivity index (χ0v) is 15.4. The summed E-state index contributed by atoms with van der Waals surface area (Å²) in [5.41, 5.74) is 1.10. The smallest absolute Gasteiger partial charge is 0.408 e. The fraction of sp³-hybridized carbons (Fsp3) is 0.421. The number of ether oxygens (including phenoxy) is 2. The van der Waals surface area contributed by atoms with Crippen molar-refractivity contribution in [2.45, 2.75) is 45.3 Å². The third-order valence-corrected chi connectivity index (χ3v) is 3.72. The molecule has 1 amide bonds. The summed E-state index contributed by atoms with van der Waals surface area (Å²) in [6.07, 6.45) is 0.902. The topological polar surface area (TPSA) is 97.5 Å². The van der Waals surface area contributed by atoms with Crippen LogP contribution in [-0.2, 0) is 25.5 Å². The van der Waals surface area contributed by atoms with E-state index in [1.165, 1.54) is 7.11 Å². The second-order valence-corrected chi connectivity index (χ2v) is 6.98. The molecule has 0 aliphatic heterocycles. The second-order valence-electron chi connectivity index (χ2n) is 6.98. The largest absolute Gasteiger partial charge is 0.469 e. The molecule has 1 heterocycles. The monoisotopic (exact) mass is 360 g/mol. The molecule has 2 N–H and O–H groups in total. The molecule has 7 heteroatoms. The number of benzene rings is 1. The van der Waals surface area contributed by atoms with E-state index in [9.17, 15) is 14.4 Å². The van der Waals surface area contributed by atoms with Gasteiger partial charge in [-0.25, -0.2) is 4.79 Å². The van der Waals surface area contributed by atoms with Gasteiger partial charge in [-0.2, -0.15) is 0 Å². The molecule has 26 heavy (non-hydrogen) atoms. The number of methoxy groups -OCH3 is 1. The Bertz CT molecular complexity index is 804. The molecule has 2 aromatic rings. The highest BCUT2D eigenvalue weighted by atomic mass is 16.6. The van der Waals surface area contributed by atoms with Gasteiger partial charge < -0.3 is 19.8 Å². The molecule has 0 spiro atoms. The van der Waals surface area contributed by atoms with Crippen LogP contribution in [0.4, 0.5) is 4.79 Å². The summed E-state index contributed by atoms with van der Waals surface area (Å²) in [4.78, 5) is 39.2. The number of aromatic amines is 1. The van der Waals surface area contributed by atoms with Crippen molar-refractivity contribution in [2.75, 3.05) is 7.11 Å². The molecule has 0 unspecified atom stereocenters. The molecule has 1 atom stereocenters. The van der Waals surface area contributed by atoms with Gasteiger partial charge in [0.25, 0.3) is 0 Å². The van der Waals surface area contributed by atoms with E-state index in [-0.39, 0.29) is 6.42 Å². The zero-order chi connectivity index (χ0) is 19.3. The van der Waals surface area contributed by atoms with Crippen molar-refractivity contribution < 1.29 is 23.9 Å². The summed E-state index contributed by atoms with van der Waals surface area (Å²) in [6, 6.07) is 6.75. The number of hydrogen-bond acceptors (Lipinski definition) is 5. The Morgan fingerprint density at radius 1 is 1.19 bits per heavy atom. The Kier molecular flexibility index (Phi) is 6.02. The number of H-pyrrole nitrogens is 1. The van der Waals surface area contributed by atoms with Gasteiger partial charge in [-0.1, -0.05) is 18.2 Å². The lowest BCUT2D eigenvalue weighted by molar-refractivity contribution is -0.143. The molecule has 0 saturated heterocycles. The standard InChI is InChI=1S/C19H24N2O5/c1-19(2,3)26-18(24)21-15(16(22)10-17(23)25-4)9-12-11-20-14-8-6-5-7-13(12)14/h5-8,11,15,20H,9-10H2,1-4H3,(H,21,24)/t15-/m0/s1. The summed E-state index contributed by atoms with van der Waals surface area (Å²) < 4.78 is 9.78. The molecule has 1 aromatic heterocycles. The first-order valence-corrected chi connectivity index (χ1v) is 8.33. The van der Waals surface area contributed by atoms with Gasteiger partial charge >= 0.3 is 12.1 Å². The third-order valence-electron chi connectivity index (χ3n) is 3.72. The van der Waals surface area contributed by atoms with E-state index in [2.05, 4.69) is 15.0 Å². The van der Waals surface area contributed by atoms with Crippen LogP contribution in [0.3, 0.4) is 0 Å². The number of esters is 1. The van der Waals surface area contributed by atoms with Gasteiger partial charge in [0, 0.05) is 23.5 Å². The highest BCUT2D eigenvalue weighted by molar-refractivity contribution is 6.00. The summed E-state index contributed by atoms with van der Waals surface area (Å²) in [5, 5.41) is 3.53. The molecule has 0 aliphatic carbocycles. The van der Waals surface area contributed by atoms with Gasteiger partial charge in [0.05, 0.1) is 13.2 Å². The number of nitrogens with one attached hydrogen (secondary N) is 2. The molecular formula is C19H24N2O5. The number of rotatable bonds is 6. The molecule has 0 saturated carbocycles. The number of Topliss-reactive ketones (excluding diaryl/α,β-unsaturated/α-hetero) is 1. The van der Waals surface area contributed by atoms with Crippen molar-refractivity contribution in [3.8, 4) is 0 Å². The highest BCUT2D eigenvalue weighted by Gasteiger charge is 2.27. The summed E-state index contributed by atoms with van der Waals surface area (Å²) >= 11 is 0. The van der Waals surface area contributed by atoms with Crippen LogP contribution in [0, 0.1) is 0 Å². The van der Waals surface area contributed by atoms with Crippen LogP contribution in [0.15, 0.2) is 30.5 Å². The van der Waals surface area contributed by atoms with E-state index in [0.717, 1.165) is 16.5 Å². The molecule has 0 fully saturated rings. The number of ketones is 1. The number of carbonyl (C=O) groups is 3. The quantitative estimate of drug-likeness (QED) is 0.610. The van der Waals surface area contributed by atoms with E-state index in [1.54, 1.807) is 27.0 Å². The van der Waals surface area contributed by atoms with Crippen LogP contribution in [0.2, 0.25) is 0 Å². The first-order valence-electron chi connectivity index (χ1n) is 8.33. The minimum atomic E-state index is -0.900. The van der Waals surface area contributed by atoms with Gasteiger partial charge in [-0.05, 0) is 32.4 Å². The molecule has 140 valence electrons. The zero-order valence-electron chi connectivity index (χ0n) is 15.4. The maximum absolute atomic E-state index is 12.5. The lowest BCUT2D eigenvalue weighted by Gasteiger charge is -2.23. The van der Waals surface area contributed by atoms with Crippen LogP contribution in [0.5, 0.6) is 0 Å². The van der Waals surface area contributed by atoms with Crippen LogP contribution in [0.25, 0.3) is 10.9 Å². The van der Waals surface area contributed by atoms with Crippen LogP contribution < -0.4 is 5.32 Å². The molecule has 7 nitrogen and oxygen atoms in total. The number of fused-ring (bicyclic) bond motifs is 1. The maximum atomic E-state index is 12.5. The fourth-order valence-electron chi connectivity index (χ4n) is 2.55. The Balaban J connectivity index is 2.20. The van der Waals surface area contributed by atoms with Crippen molar-refractivity contribution >= 4 is 28.7 Å².